The summed E-state index contributed by atoms with van der Waals surface area (Å²) in [5.74, 6) is 0.252. The number of nitrogens with zero attached hydrogens (tertiary/aromatic N) is 1. The van der Waals surface area contributed by atoms with E-state index in [0.717, 1.165) is 44.9 Å². The van der Waals surface area contributed by atoms with Gasteiger partial charge < -0.3 is 10.0 Å². The number of para-hydroxylation sites is 1. The molecule has 0 amide bonds. The summed E-state index contributed by atoms with van der Waals surface area (Å²) in [7, 11) is 0. The fourth-order valence-corrected chi connectivity index (χ4v) is 7.46. The van der Waals surface area contributed by atoms with E-state index in [-0.39, 0.29) is 5.75 Å². The quantitative estimate of drug-likeness (QED) is 0.218. The highest BCUT2D eigenvalue weighted by molar-refractivity contribution is 7.26. The Morgan fingerprint density at radius 1 is 0.523 bits per heavy atom. The minimum absolute atomic E-state index is 0.252. The van der Waals surface area contributed by atoms with Crippen LogP contribution in [0.1, 0.15) is 5.56 Å². The van der Waals surface area contributed by atoms with Crippen LogP contribution < -0.4 is 4.90 Å². The number of aryl methyl sites for hydroxylation is 1. The summed E-state index contributed by atoms with van der Waals surface area (Å²) in [5.41, 5.74) is 7.94. The molecule has 8 rings (SSSR count). The van der Waals surface area contributed by atoms with Crippen molar-refractivity contribution in [2.75, 3.05) is 4.90 Å². The fraction of sp³-hybridized carbons (Fsp3) is 0.0244. The van der Waals surface area contributed by atoms with E-state index in [1.54, 1.807) is 0 Å². The number of anilines is 3. The van der Waals surface area contributed by atoms with Gasteiger partial charge in [0.1, 0.15) is 5.75 Å². The second-order valence-electron chi connectivity index (χ2n) is 11.2. The van der Waals surface area contributed by atoms with Gasteiger partial charge >= 0.3 is 0 Å². The van der Waals surface area contributed by atoms with Gasteiger partial charge in [0.15, 0.2) is 0 Å². The van der Waals surface area contributed by atoms with Crippen LogP contribution in [0.3, 0.4) is 0 Å². The monoisotopic (exact) mass is 583 g/mol. The topological polar surface area (TPSA) is 23.5 Å². The number of hydrogen-bond acceptors (Lipinski definition) is 3. The first-order chi connectivity index (χ1) is 21.6. The number of thiophene rings is 1. The Morgan fingerprint density at radius 3 is 2.16 bits per heavy atom. The zero-order chi connectivity index (χ0) is 29.6. The number of phenols is 1. The van der Waals surface area contributed by atoms with E-state index < -0.39 is 0 Å². The van der Waals surface area contributed by atoms with Gasteiger partial charge in [-0.1, -0.05) is 109 Å². The number of hydrogen-bond donors (Lipinski definition) is 1. The molecule has 0 radical (unpaired) electrons. The lowest BCUT2D eigenvalue weighted by Crippen LogP contribution is -2.10. The van der Waals surface area contributed by atoms with Crippen molar-refractivity contribution in [2.24, 2.45) is 0 Å². The van der Waals surface area contributed by atoms with E-state index in [0.29, 0.717) is 0 Å². The molecule has 0 unspecified atom stereocenters. The van der Waals surface area contributed by atoms with Crippen molar-refractivity contribution < 1.29 is 5.11 Å². The lowest BCUT2D eigenvalue weighted by Gasteiger charge is -2.27. The highest BCUT2D eigenvalue weighted by Crippen LogP contribution is 2.47. The number of phenolic OH excluding ortho intramolecular Hbond substituents is 1. The third kappa shape index (κ3) is 4.50. The molecule has 0 aliphatic heterocycles. The first-order valence-electron chi connectivity index (χ1n) is 14.8. The van der Waals surface area contributed by atoms with Crippen molar-refractivity contribution in [1.29, 1.82) is 0 Å². The minimum atomic E-state index is 0.252. The molecule has 1 aromatic heterocycles. The Bertz CT molecular complexity index is 2320. The van der Waals surface area contributed by atoms with Crippen LogP contribution in [0.4, 0.5) is 17.1 Å². The maximum Gasteiger partial charge on any atom is 0.147 e. The maximum atomic E-state index is 12.0. The van der Waals surface area contributed by atoms with E-state index in [2.05, 4.69) is 139 Å². The first kappa shape index (κ1) is 26.3. The Kier molecular flexibility index (Phi) is 6.40. The molecule has 0 aliphatic carbocycles. The van der Waals surface area contributed by atoms with E-state index in [1.165, 1.54) is 30.9 Å². The van der Waals surface area contributed by atoms with Crippen molar-refractivity contribution in [3.63, 3.8) is 0 Å². The average Bonchev–Trinajstić information content (AvgIpc) is 3.45. The Morgan fingerprint density at radius 2 is 1.27 bits per heavy atom. The molecule has 7 aromatic carbocycles. The van der Waals surface area contributed by atoms with Gasteiger partial charge in [-0.3, -0.25) is 0 Å². The van der Waals surface area contributed by atoms with E-state index >= 15 is 0 Å². The molecule has 3 heteroatoms. The van der Waals surface area contributed by atoms with Crippen LogP contribution in [0.2, 0.25) is 0 Å². The van der Waals surface area contributed by atoms with E-state index in [4.69, 9.17) is 0 Å². The standard InChI is InChI=1S/C41H29NOS/c1-27-10-7-16-32(24-27)42(33-21-22-36-39(26-33)44-38-23-20-29-13-5-6-17-34(29)40(36)38)37-19-9-18-35(41(37)43)31-15-8-14-30(25-31)28-11-3-2-4-12-28/h2-26,43H,1H3. The van der Waals surface area contributed by atoms with Gasteiger partial charge in [0.25, 0.3) is 0 Å². The zero-order valence-electron chi connectivity index (χ0n) is 24.2. The number of fused-ring (bicyclic) bond motifs is 5. The van der Waals surface area contributed by atoms with Crippen LogP contribution in [-0.4, -0.2) is 5.11 Å². The van der Waals surface area contributed by atoms with Gasteiger partial charge in [-0.15, -0.1) is 11.3 Å². The van der Waals surface area contributed by atoms with Crippen molar-refractivity contribution >= 4 is 59.3 Å². The van der Waals surface area contributed by atoms with Gasteiger partial charge in [-0.25, -0.2) is 0 Å². The molecule has 0 fully saturated rings. The third-order valence-electron chi connectivity index (χ3n) is 8.40. The molecular formula is C41H29NOS. The molecule has 44 heavy (non-hydrogen) atoms. The molecule has 1 N–H and O–H groups in total. The molecule has 1 heterocycles. The second kappa shape index (κ2) is 10.7. The number of benzene rings is 7. The lowest BCUT2D eigenvalue weighted by atomic mass is 9.97. The molecule has 8 aromatic rings. The molecule has 0 bridgehead atoms. The van der Waals surface area contributed by atoms with Crippen LogP contribution >= 0.6 is 11.3 Å². The minimum Gasteiger partial charge on any atom is -0.505 e. The summed E-state index contributed by atoms with van der Waals surface area (Å²) >= 11 is 1.82. The molecule has 0 aliphatic rings. The summed E-state index contributed by atoms with van der Waals surface area (Å²) in [4.78, 5) is 2.18. The van der Waals surface area contributed by atoms with Crippen LogP contribution in [0.25, 0.3) is 53.2 Å². The molecule has 0 saturated heterocycles. The summed E-state index contributed by atoms with van der Waals surface area (Å²) in [6.07, 6.45) is 0. The van der Waals surface area contributed by atoms with Gasteiger partial charge in [0, 0.05) is 37.1 Å². The van der Waals surface area contributed by atoms with Crippen molar-refractivity contribution in [1.82, 2.24) is 0 Å². The Balaban J connectivity index is 1.30. The first-order valence-corrected chi connectivity index (χ1v) is 15.6. The van der Waals surface area contributed by atoms with Gasteiger partial charge in [0.2, 0.25) is 0 Å². The number of rotatable bonds is 5. The second-order valence-corrected chi connectivity index (χ2v) is 12.3. The van der Waals surface area contributed by atoms with Crippen molar-refractivity contribution in [3.8, 4) is 28.0 Å². The Labute approximate surface area is 260 Å². The highest BCUT2D eigenvalue weighted by atomic mass is 32.1. The molecular weight excluding hydrogens is 555 g/mol. The van der Waals surface area contributed by atoms with Crippen LogP contribution in [0.15, 0.2) is 152 Å². The normalized spacial score (nSPS) is 11.4. The van der Waals surface area contributed by atoms with Gasteiger partial charge in [-0.05, 0) is 82.4 Å². The fourth-order valence-electron chi connectivity index (χ4n) is 6.31. The summed E-state index contributed by atoms with van der Waals surface area (Å²) in [6.45, 7) is 2.10. The zero-order valence-corrected chi connectivity index (χ0v) is 25.1. The summed E-state index contributed by atoms with van der Waals surface area (Å²) in [6, 6.07) is 53.0. The largest absolute Gasteiger partial charge is 0.505 e. The molecule has 210 valence electrons. The molecule has 0 atom stereocenters. The average molecular weight is 584 g/mol. The van der Waals surface area contributed by atoms with Crippen molar-refractivity contribution in [3.05, 3.63) is 157 Å². The predicted molar refractivity (Wildman–Crippen MR) is 189 cm³/mol. The van der Waals surface area contributed by atoms with Gasteiger partial charge in [-0.2, -0.15) is 0 Å². The highest BCUT2D eigenvalue weighted by Gasteiger charge is 2.20. The number of aromatic hydroxyl groups is 1. The maximum absolute atomic E-state index is 12.0. The molecule has 2 nitrogen and oxygen atoms in total. The van der Waals surface area contributed by atoms with E-state index in [1.807, 2.05) is 35.6 Å². The van der Waals surface area contributed by atoms with Crippen LogP contribution in [0, 0.1) is 6.92 Å². The van der Waals surface area contributed by atoms with Crippen LogP contribution in [-0.2, 0) is 0 Å². The van der Waals surface area contributed by atoms with Gasteiger partial charge in [0.05, 0.1) is 5.69 Å². The lowest BCUT2D eigenvalue weighted by molar-refractivity contribution is 0.478. The summed E-state index contributed by atoms with van der Waals surface area (Å²) in [5, 5.41) is 17.1. The van der Waals surface area contributed by atoms with E-state index in [9.17, 15) is 5.11 Å². The van der Waals surface area contributed by atoms with Crippen LogP contribution in [0.5, 0.6) is 5.75 Å². The third-order valence-corrected chi connectivity index (χ3v) is 9.52. The SMILES string of the molecule is Cc1cccc(N(c2ccc3c(c2)sc2ccc4ccccc4c23)c2cccc(-c3cccc(-c4ccccc4)c3)c2O)c1. The van der Waals surface area contributed by atoms with Crippen molar-refractivity contribution in [2.45, 2.75) is 6.92 Å². The summed E-state index contributed by atoms with van der Waals surface area (Å²) < 4.78 is 2.50. The predicted octanol–water partition coefficient (Wildman–Crippen LogP) is 12.0. The smallest absolute Gasteiger partial charge is 0.147 e. The molecule has 0 saturated carbocycles. The molecule has 0 spiro atoms. The Hall–Kier alpha value is -5.38.